The minimum absolute atomic E-state index is 0. The van der Waals surface area contributed by atoms with Crippen LogP contribution in [0.3, 0.4) is 0 Å². The van der Waals surface area contributed by atoms with E-state index in [2.05, 4.69) is 0 Å². The van der Waals surface area contributed by atoms with E-state index in [4.69, 9.17) is 47.6 Å². The number of halogens is 2. The smallest absolute Gasteiger partial charge is 0.870 e. The Hall–Kier alpha value is -4.64. The van der Waals surface area contributed by atoms with Crippen molar-refractivity contribution in [2.24, 2.45) is 11.8 Å². The molecule has 2 N–H and O–H groups in total. The van der Waals surface area contributed by atoms with Crippen LogP contribution in [0.1, 0.15) is 144 Å². The molecule has 2 aromatic carbocycles. The predicted octanol–water partition coefficient (Wildman–Crippen LogP) is 6.31. The number of carbonyl (C=O) groups excluding carboxylic acids is 3. The SMILES string of the molecule is COC(=O)C1CC=C(c2nn(C(=O)c3c(Cl)cccc3C3CC3)c3c2OCCC3)CC1.O=C(O)C1CC=C(c2nn(C(=O)c3c(Cl)cccc3C3CC3)c3c2OCCC3)CC1.[Li+].[OH-]. The molecule has 4 aliphatic carbocycles. The first-order chi connectivity index (χ1) is 29.6. The topological polar surface area (TPSA) is 182 Å². The van der Waals surface area contributed by atoms with Crippen LogP contribution in [0.2, 0.25) is 10.0 Å². The third-order valence-electron chi connectivity index (χ3n) is 12.7. The Kier molecular flexibility index (Phi) is 14.4. The summed E-state index contributed by atoms with van der Waals surface area (Å²) < 4.78 is 19.8. The van der Waals surface area contributed by atoms with Gasteiger partial charge in [-0.15, -0.1) is 0 Å². The van der Waals surface area contributed by atoms with Gasteiger partial charge in [0.25, 0.3) is 11.8 Å². The predicted molar refractivity (Wildman–Crippen MR) is 231 cm³/mol. The van der Waals surface area contributed by atoms with E-state index in [0.717, 1.165) is 78.6 Å². The summed E-state index contributed by atoms with van der Waals surface area (Å²) in [7, 11) is 1.42. The van der Waals surface area contributed by atoms with E-state index in [9.17, 15) is 24.3 Å². The van der Waals surface area contributed by atoms with Crippen LogP contribution in [0, 0.1) is 11.8 Å². The Balaban J connectivity index is 0.000000183. The molecule has 10 rings (SSSR count). The van der Waals surface area contributed by atoms with Crippen molar-refractivity contribution in [2.75, 3.05) is 20.3 Å². The first-order valence-electron chi connectivity index (χ1n) is 21.5. The van der Waals surface area contributed by atoms with Crippen molar-refractivity contribution in [3.8, 4) is 11.5 Å². The number of nitrogens with zero attached hydrogens (tertiary/aromatic N) is 4. The monoisotopic (exact) mass is 890 g/mol. The number of hydrogen-bond donors (Lipinski definition) is 1. The fourth-order valence-electron chi connectivity index (χ4n) is 9.12. The summed E-state index contributed by atoms with van der Waals surface area (Å²) in [4.78, 5) is 50.4. The molecule has 16 heteroatoms. The molecule has 4 heterocycles. The zero-order valence-electron chi connectivity index (χ0n) is 35.5. The number of carboxylic acids is 1. The maximum atomic E-state index is 13.6. The molecule has 0 radical (unpaired) electrons. The average Bonchev–Trinajstić information content (AvgIpc) is 4.24. The van der Waals surface area contributed by atoms with Crippen LogP contribution in [-0.4, -0.2) is 74.2 Å². The van der Waals surface area contributed by atoms with E-state index in [1.807, 2.05) is 36.4 Å². The van der Waals surface area contributed by atoms with E-state index < -0.39 is 5.97 Å². The van der Waals surface area contributed by atoms with E-state index >= 15 is 0 Å². The largest absolute Gasteiger partial charge is 1.00 e. The van der Waals surface area contributed by atoms with E-state index in [0.29, 0.717) is 114 Å². The van der Waals surface area contributed by atoms with Gasteiger partial charge in [0, 0.05) is 0 Å². The molecule has 2 atom stereocenters. The summed E-state index contributed by atoms with van der Waals surface area (Å²) in [5.41, 5.74) is 8.05. The number of allylic oxidation sites excluding steroid dienone is 4. The normalized spacial score (nSPS) is 20.0. The van der Waals surface area contributed by atoms with E-state index in [1.165, 1.54) is 16.5 Å². The quantitative estimate of drug-likeness (QED) is 0.155. The summed E-state index contributed by atoms with van der Waals surface area (Å²) in [6.45, 7) is 1.20. The zero-order valence-corrected chi connectivity index (χ0v) is 37.1. The standard InChI is InChI=1S/C24H25ClN2O4.C23H23ClN2O4.Li.H2O/c1-30-24(29)16-11-9-15(10-12-16)21-22-19(6-3-13-31-22)27(26-21)23(28)20-17(14-7-8-14)4-2-5-18(20)25;24-17-4-1-3-16(13-6-7-13)19(17)22(27)26-18-5-2-12-30-21(18)20(25-26)14-8-10-15(11-9-14)23(28)29;;/h2,4-5,9,14,16H,3,6-8,10-13H2,1H3;1,3-4,8,13,15H,2,5-7,9-12H2,(H,28,29);;1H2/q;;+1;/p-1. The first-order valence-corrected chi connectivity index (χ1v) is 22.2. The van der Waals surface area contributed by atoms with Crippen LogP contribution in [0.15, 0.2) is 48.6 Å². The molecule has 0 amide bonds. The molecular weight excluding hydrogens is 842 g/mol. The summed E-state index contributed by atoms with van der Waals surface area (Å²) in [6.07, 6.45) is 15.0. The number of benzene rings is 2. The van der Waals surface area contributed by atoms with Gasteiger partial charge < -0.3 is 24.8 Å². The van der Waals surface area contributed by atoms with E-state index in [1.54, 1.807) is 12.1 Å². The van der Waals surface area contributed by atoms with Gasteiger partial charge in [0.2, 0.25) is 0 Å². The summed E-state index contributed by atoms with van der Waals surface area (Å²) in [5.74, 6) is 0.305. The Morgan fingerprint density at radius 1 is 0.683 bits per heavy atom. The zero-order chi connectivity index (χ0) is 42.4. The van der Waals surface area contributed by atoms with Gasteiger partial charge in [-0.25, -0.2) is 0 Å². The number of carbonyl (C=O) groups is 4. The Morgan fingerprint density at radius 3 is 1.51 bits per heavy atom. The number of esters is 1. The minimum atomic E-state index is -0.768. The van der Waals surface area contributed by atoms with Crippen LogP contribution in [0.5, 0.6) is 11.5 Å². The van der Waals surface area contributed by atoms with E-state index in [-0.39, 0.29) is 54.0 Å². The van der Waals surface area contributed by atoms with Gasteiger partial charge in [-0.2, -0.15) is 19.6 Å². The van der Waals surface area contributed by atoms with Crippen molar-refractivity contribution in [1.82, 2.24) is 19.6 Å². The van der Waals surface area contributed by atoms with Gasteiger partial charge in [0.15, 0.2) is 11.5 Å². The number of aromatic nitrogens is 4. The molecule has 63 heavy (non-hydrogen) atoms. The first kappa shape index (κ1) is 46.4. The minimum Gasteiger partial charge on any atom is -0.870 e. The maximum Gasteiger partial charge on any atom is 1.00 e. The van der Waals surface area contributed by atoms with Crippen molar-refractivity contribution in [2.45, 2.75) is 102 Å². The number of rotatable bonds is 8. The number of ether oxygens (including phenoxy) is 3. The Labute approximate surface area is 387 Å². The summed E-state index contributed by atoms with van der Waals surface area (Å²) in [5, 5.41) is 19.6. The molecule has 326 valence electrons. The van der Waals surface area contributed by atoms with Crippen molar-refractivity contribution >= 4 is 58.1 Å². The van der Waals surface area contributed by atoms with Crippen LogP contribution in [0.25, 0.3) is 11.1 Å². The van der Waals surface area contributed by atoms with Gasteiger partial charge in [0.1, 0.15) is 11.4 Å². The summed E-state index contributed by atoms with van der Waals surface area (Å²) in [6, 6.07) is 11.3. The molecule has 4 aromatic rings. The molecule has 2 aliphatic heterocycles. The Bertz CT molecular complexity index is 2500. The molecule has 2 saturated carbocycles. The second-order valence-corrected chi connectivity index (χ2v) is 17.6. The fourth-order valence-corrected chi connectivity index (χ4v) is 9.65. The molecule has 0 spiro atoms. The van der Waals surface area contributed by atoms with Crippen molar-refractivity contribution in [1.29, 1.82) is 0 Å². The molecule has 0 bridgehead atoms. The van der Waals surface area contributed by atoms with Gasteiger partial charge in [-0.1, -0.05) is 59.6 Å². The number of aliphatic carboxylic acids is 1. The average molecular weight is 892 g/mol. The Morgan fingerprint density at radius 2 is 1.13 bits per heavy atom. The molecular formula is C47H49Cl2LiN4O9. The van der Waals surface area contributed by atoms with Gasteiger partial charge in [0.05, 0.1) is 64.7 Å². The number of methoxy groups -OCH3 is 1. The van der Waals surface area contributed by atoms with Crippen molar-refractivity contribution in [3.63, 3.8) is 0 Å². The van der Waals surface area contributed by atoms with Crippen molar-refractivity contribution in [3.05, 3.63) is 104 Å². The van der Waals surface area contributed by atoms with Crippen molar-refractivity contribution < 1.29 is 62.8 Å². The van der Waals surface area contributed by atoms with Crippen LogP contribution in [0.4, 0.5) is 0 Å². The fraction of sp³-hybridized carbons (Fsp3) is 0.447. The molecule has 2 unspecified atom stereocenters. The summed E-state index contributed by atoms with van der Waals surface area (Å²) >= 11 is 13.0. The number of carboxylic acid groups (broad SMARTS) is 1. The molecule has 2 fully saturated rings. The third kappa shape index (κ3) is 9.32. The molecule has 6 aliphatic rings. The molecule has 2 aromatic heterocycles. The number of hydrogen-bond acceptors (Lipinski definition) is 10. The third-order valence-corrected chi connectivity index (χ3v) is 13.4. The van der Waals surface area contributed by atoms with Gasteiger partial charge >= 0.3 is 30.8 Å². The second kappa shape index (κ2) is 19.6. The second-order valence-electron chi connectivity index (χ2n) is 16.8. The van der Waals surface area contributed by atoms with Gasteiger partial charge in [-0.3, -0.25) is 19.2 Å². The maximum absolute atomic E-state index is 13.6. The van der Waals surface area contributed by atoms with Crippen LogP contribution < -0.4 is 28.3 Å². The molecule has 13 nitrogen and oxygen atoms in total. The van der Waals surface area contributed by atoms with Crippen LogP contribution in [-0.2, 0) is 27.2 Å². The molecule has 0 saturated heterocycles. The van der Waals surface area contributed by atoms with Gasteiger partial charge in [-0.05, 0) is 136 Å². The number of fused-ring (bicyclic) bond motifs is 2. The van der Waals surface area contributed by atoms with Crippen LogP contribution >= 0.6 is 23.2 Å².